The van der Waals surface area contributed by atoms with Crippen molar-refractivity contribution in [1.29, 1.82) is 0 Å². The van der Waals surface area contributed by atoms with Crippen molar-refractivity contribution in [3.05, 3.63) is 65.5 Å². The summed E-state index contributed by atoms with van der Waals surface area (Å²) >= 11 is 0. The van der Waals surface area contributed by atoms with Crippen LogP contribution in [0.15, 0.2) is 48.7 Å². The zero-order valence-electron chi connectivity index (χ0n) is 12.3. The SMILES string of the molecule is Cc1ccc(CN[C@H](CS(C)(=O)=O)c2ccccc2)nc1. The van der Waals surface area contributed by atoms with Gasteiger partial charge in [0.05, 0.1) is 11.4 Å². The molecule has 0 radical (unpaired) electrons. The molecule has 112 valence electrons. The van der Waals surface area contributed by atoms with Gasteiger partial charge in [-0.25, -0.2) is 8.42 Å². The first-order valence-electron chi connectivity index (χ1n) is 6.81. The van der Waals surface area contributed by atoms with Crippen molar-refractivity contribution < 1.29 is 8.42 Å². The van der Waals surface area contributed by atoms with E-state index < -0.39 is 9.84 Å². The van der Waals surface area contributed by atoms with E-state index in [4.69, 9.17) is 0 Å². The van der Waals surface area contributed by atoms with Gasteiger partial charge in [-0.15, -0.1) is 0 Å². The average molecular weight is 304 g/mol. The van der Waals surface area contributed by atoms with Crippen molar-refractivity contribution in [2.75, 3.05) is 12.0 Å². The van der Waals surface area contributed by atoms with E-state index in [9.17, 15) is 8.42 Å². The van der Waals surface area contributed by atoms with Crippen LogP contribution in [0.3, 0.4) is 0 Å². The minimum atomic E-state index is -3.07. The van der Waals surface area contributed by atoms with Crippen LogP contribution in [-0.2, 0) is 16.4 Å². The van der Waals surface area contributed by atoms with Gasteiger partial charge in [0.1, 0.15) is 9.84 Å². The van der Waals surface area contributed by atoms with E-state index in [0.29, 0.717) is 6.54 Å². The van der Waals surface area contributed by atoms with Crippen molar-refractivity contribution in [3.63, 3.8) is 0 Å². The van der Waals surface area contributed by atoms with E-state index in [2.05, 4.69) is 10.3 Å². The van der Waals surface area contributed by atoms with Crippen molar-refractivity contribution in [2.24, 2.45) is 0 Å². The second-order valence-corrected chi connectivity index (χ2v) is 7.45. The van der Waals surface area contributed by atoms with Gasteiger partial charge in [-0.1, -0.05) is 36.4 Å². The van der Waals surface area contributed by atoms with Gasteiger partial charge in [0.15, 0.2) is 0 Å². The number of hydrogen-bond acceptors (Lipinski definition) is 4. The molecule has 1 aromatic carbocycles. The third kappa shape index (κ3) is 5.28. The van der Waals surface area contributed by atoms with Gasteiger partial charge in [0, 0.05) is 25.0 Å². The van der Waals surface area contributed by atoms with Crippen LogP contribution in [0.5, 0.6) is 0 Å². The first kappa shape index (κ1) is 15.7. The standard InChI is InChI=1S/C16H20N2O2S/c1-13-8-9-15(17-10-13)11-18-16(12-21(2,19)20)14-6-4-3-5-7-14/h3-10,16,18H,11-12H2,1-2H3/t16-/m1/s1. The van der Waals surface area contributed by atoms with Crippen molar-refractivity contribution in [3.8, 4) is 0 Å². The molecule has 0 bridgehead atoms. The molecule has 0 aliphatic rings. The summed E-state index contributed by atoms with van der Waals surface area (Å²) in [5.41, 5.74) is 2.97. The fraction of sp³-hybridized carbons (Fsp3) is 0.312. The van der Waals surface area contributed by atoms with Gasteiger partial charge in [-0.05, 0) is 24.1 Å². The summed E-state index contributed by atoms with van der Waals surface area (Å²) in [6.45, 7) is 2.52. The first-order valence-corrected chi connectivity index (χ1v) is 8.88. The smallest absolute Gasteiger partial charge is 0.149 e. The molecule has 2 aromatic rings. The van der Waals surface area contributed by atoms with Gasteiger partial charge < -0.3 is 5.32 Å². The molecule has 21 heavy (non-hydrogen) atoms. The molecule has 1 atom stereocenters. The number of hydrogen-bond donors (Lipinski definition) is 1. The Bertz CT molecular complexity index is 667. The molecule has 2 rings (SSSR count). The van der Waals surface area contributed by atoms with Gasteiger partial charge in [-0.3, -0.25) is 4.98 Å². The van der Waals surface area contributed by atoms with Crippen LogP contribution < -0.4 is 5.32 Å². The predicted octanol–water partition coefficient (Wildman–Crippen LogP) is 2.27. The van der Waals surface area contributed by atoms with Crippen LogP contribution in [0.4, 0.5) is 0 Å². The maximum absolute atomic E-state index is 11.6. The largest absolute Gasteiger partial charge is 0.303 e. The van der Waals surface area contributed by atoms with E-state index in [1.54, 1.807) is 0 Å². The normalized spacial score (nSPS) is 13.0. The van der Waals surface area contributed by atoms with Crippen LogP contribution >= 0.6 is 0 Å². The van der Waals surface area contributed by atoms with Gasteiger partial charge in [0.25, 0.3) is 0 Å². The lowest BCUT2D eigenvalue weighted by Gasteiger charge is -2.18. The Hall–Kier alpha value is -1.72. The van der Waals surface area contributed by atoms with Crippen LogP contribution in [-0.4, -0.2) is 25.4 Å². The van der Waals surface area contributed by atoms with Crippen LogP contribution in [0.25, 0.3) is 0 Å². The van der Waals surface area contributed by atoms with Crippen molar-refractivity contribution >= 4 is 9.84 Å². The van der Waals surface area contributed by atoms with Crippen molar-refractivity contribution in [1.82, 2.24) is 10.3 Å². The molecule has 5 heteroatoms. The number of sulfone groups is 1. The molecule has 0 fully saturated rings. The fourth-order valence-corrected chi connectivity index (χ4v) is 3.01. The van der Waals surface area contributed by atoms with Gasteiger partial charge in [0.2, 0.25) is 0 Å². The Morgan fingerprint density at radius 2 is 1.86 bits per heavy atom. The fourth-order valence-electron chi connectivity index (χ4n) is 2.09. The van der Waals surface area contributed by atoms with E-state index in [1.807, 2.05) is 55.6 Å². The minimum absolute atomic E-state index is 0.0723. The molecule has 0 unspecified atom stereocenters. The Morgan fingerprint density at radius 1 is 1.14 bits per heavy atom. The van der Waals surface area contributed by atoms with Gasteiger partial charge >= 0.3 is 0 Å². The molecular weight excluding hydrogens is 284 g/mol. The Balaban J connectivity index is 2.11. The summed E-state index contributed by atoms with van der Waals surface area (Å²) in [6, 6.07) is 13.3. The lowest BCUT2D eigenvalue weighted by Crippen LogP contribution is -2.27. The van der Waals surface area contributed by atoms with Crippen LogP contribution in [0, 0.1) is 6.92 Å². The minimum Gasteiger partial charge on any atom is -0.303 e. The number of aromatic nitrogens is 1. The summed E-state index contributed by atoms with van der Waals surface area (Å²) in [7, 11) is -3.07. The zero-order chi connectivity index (χ0) is 15.3. The number of nitrogens with zero attached hydrogens (tertiary/aromatic N) is 1. The maximum Gasteiger partial charge on any atom is 0.149 e. The highest BCUT2D eigenvalue weighted by molar-refractivity contribution is 7.90. The number of pyridine rings is 1. The highest BCUT2D eigenvalue weighted by Gasteiger charge is 2.16. The average Bonchev–Trinajstić information content (AvgIpc) is 2.45. The molecule has 0 aliphatic heterocycles. The Morgan fingerprint density at radius 3 is 2.43 bits per heavy atom. The van der Waals surface area contributed by atoms with Gasteiger partial charge in [-0.2, -0.15) is 0 Å². The second kappa shape index (κ2) is 6.83. The highest BCUT2D eigenvalue weighted by Crippen LogP contribution is 2.15. The van der Waals surface area contributed by atoms with Crippen LogP contribution in [0.2, 0.25) is 0 Å². The molecule has 0 saturated heterocycles. The lowest BCUT2D eigenvalue weighted by molar-refractivity contribution is 0.547. The lowest BCUT2D eigenvalue weighted by atomic mass is 10.1. The molecule has 1 N–H and O–H groups in total. The Kier molecular flexibility index (Phi) is 5.09. The highest BCUT2D eigenvalue weighted by atomic mass is 32.2. The summed E-state index contributed by atoms with van der Waals surface area (Å²) in [4.78, 5) is 4.33. The quantitative estimate of drug-likeness (QED) is 0.889. The topological polar surface area (TPSA) is 59.1 Å². The maximum atomic E-state index is 11.6. The van der Waals surface area contributed by atoms with E-state index in [-0.39, 0.29) is 11.8 Å². The van der Waals surface area contributed by atoms with E-state index in [1.165, 1.54) is 6.26 Å². The molecule has 0 saturated carbocycles. The number of nitrogens with one attached hydrogen (secondary N) is 1. The van der Waals surface area contributed by atoms with E-state index >= 15 is 0 Å². The molecular formula is C16H20N2O2S. The summed E-state index contributed by atoms with van der Waals surface area (Å²) in [6.07, 6.45) is 3.07. The summed E-state index contributed by atoms with van der Waals surface area (Å²) < 4.78 is 23.2. The monoisotopic (exact) mass is 304 g/mol. The molecule has 0 aliphatic carbocycles. The number of rotatable bonds is 6. The third-order valence-corrected chi connectivity index (χ3v) is 4.11. The first-order chi connectivity index (χ1) is 9.94. The molecule has 0 spiro atoms. The number of benzene rings is 1. The molecule has 4 nitrogen and oxygen atoms in total. The molecule has 0 amide bonds. The molecule has 1 aromatic heterocycles. The predicted molar refractivity (Wildman–Crippen MR) is 84.7 cm³/mol. The summed E-state index contributed by atoms with van der Waals surface area (Å²) in [5, 5.41) is 3.29. The third-order valence-electron chi connectivity index (χ3n) is 3.17. The zero-order valence-corrected chi connectivity index (χ0v) is 13.1. The van der Waals surface area contributed by atoms with Crippen molar-refractivity contribution in [2.45, 2.75) is 19.5 Å². The Labute approximate surface area is 126 Å². The van der Waals surface area contributed by atoms with Crippen LogP contribution in [0.1, 0.15) is 22.9 Å². The number of aryl methyl sites for hydroxylation is 1. The molecule has 1 heterocycles. The van der Waals surface area contributed by atoms with E-state index in [0.717, 1.165) is 16.8 Å². The second-order valence-electron chi connectivity index (χ2n) is 5.26. The summed E-state index contributed by atoms with van der Waals surface area (Å²) in [5.74, 6) is 0.0723.